The summed E-state index contributed by atoms with van der Waals surface area (Å²) < 4.78 is 5.15. The van der Waals surface area contributed by atoms with Crippen LogP contribution >= 0.6 is 0 Å². The first-order valence-corrected chi connectivity index (χ1v) is 8.77. The van der Waals surface area contributed by atoms with Gasteiger partial charge < -0.3 is 9.64 Å². The van der Waals surface area contributed by atoms with Gasteiger partial charge in [-0.15, -0.1) is 0 Å². The summed E-state index contributed by atoms with van der Waals surface area (Å²) in [6, 6.07) is 13.7. The molecule has 1 fully saturated rings. The number of carbonyl (C=O) groups excluding carboxylic acids is 1. The molecule has 0 aliphatic carbocycles. The molecule has 2 aromatic rings. The first-order valence-electron chi connectivity index (χ1n) is 8.77. The molecule has 5 heteroatoms. The largest absolute Gasteiger partial charge is 0.497 e. The summed E-state index contributed by atoms with van der Waals surface area (Å²) in [6.45, 7) is 4.47. The molecule has 5 nitrogen and oxygen atoms in total. The molecule has 3 rings (SSSR count). The Bertz CT molecular complexity index is 665. The molecule has 1 saturated heterocycles. The van der Waals surface area contributed by atoms with Gasteiger partial charge in [0, 0.05) is 51.0 Å². The molecule has 0 bridgehead atoms. The van der Waals surface area contributed by atoms with Crippen LogP contribution < -0.4 is 4.74 Å². The first-order chi connectivity index (χ1) is 12.2. The van der Waals surface area contributed by atoms with Gasteiger partial charge in [0.15, 0.2) is 0 Å². The number of amides is 1. The van der Waals surface area contributed by atoms with E-state index in [1.807, 2.05) is 47.5 Å². The van der Waals surface area contributed by atoms with Crippen LogP contribution in [-0.4, -0.2) is 60.5 Å². The third-order valence-electron chi connectivity index (χ3n) is 4.65. The molecular weight excluding hydrogens is 314 g/mol. The fourth-order valence-corrected chi connectivity index (χ4v) is 3.07. The molecule has 1 aromatic carbocycles. The van der Waals surface area contributed by atoms with E-state index < -0.39 is 0 Å². The van der Waals surface area contributed by atoms with Crippen LogP contribution in [0.1, 0.15) is 11.3 Å². The maximum atomic E-state index is 12.5. The summed E-state index contributed by atoms with van der Waals surface area (Å²) in [4.78, 5) is 21.2. The predicted molar refractivity (Wildman–Crippen MR) is 97.7 cm³/mol. The summed E-state index contributed by atoms with van der Waals surface area (Å²) in [6.07, 6.45) is 3.25. The number of benzene rings is 1. The van der Waals surface area contributed by atoms with Crippen molar-refractivity contribution < 1.29 is 9.53 Å². The lowest BCUT2D eigenvalue weighted by Crippen LogP contribution is -2.49. The predicted octanol–water partition coefficient (Wildman–Crippen LogP) is 2.02. The Kier molecular flexibility index (Phi) is 6.01. The zero-order valence-electron chi connectivity index (χ0n) is 14.7. The van der Waals surface area contributed by atoms with E-state index in [4.69, 9.17) is 4.74 Å². The summed E-state index contributed by atoms with van der Waals surface area (Å²) in [5.74, 6) is 1.02. The highest BCUT2D eigenvalue weighted by Crippen LogP contribution is 2.13. The highest BCUT2D eigenvalue weighted by molar-refractivity contribution is 5.78. The number of hydrogen-bond donors (Lipinski definition) is 0. The monoisotopic (exact) mass is 339 g/mol. The van der Waals surface area contributed by atoms with E-state index >= 15 is 0 Å². The lowest BCUT2D eigenvalue weighted by Gasteiger charge is -2.34. The van der Waals surface area contributed by atoms with Crippen molar-refractivity contribution in [2.75, 3.05) is 39.8 Å². The minimum Gasteiger partial charge on any atom is -0.497 e. The van der Waals surface area contributed by atoms with Crippen LogP contribution in [0.3, 0.4) is 0 Å². The molecule has 0 spiro atoms. The van der Waals surface area contributed by atoms with Crippen LogP contribution in [-0.2, 0) is 17.6 Å². The van der Waals surface area contributed by atoms with Gasteiger partial charge >= 0.3 is 0 Å². The number of methoxy groups -OCH3 is 1. The molecule has 0 radical (unpaired) electrons. The lowest BCUT2D eigenvalue weighted by atomic mass is 10.1. The van der Waals surface area contributed by atoms with Crippen molar-refractivity contribution in [1.82, 2.24) is 14.8 Å². The van der Waals surface area contributed by atoms with E-state index in [-0.39, 0.29) is 5.91 Å². The average molecular weight is 339 g/mol. The Labute approximate surface area is 149 Å². The second-order valence-corrected chi connectivity index (χ2v) is 6.32. The van der Waals surface area contributed by atoms with Crippen LogP contribution in [0, 0.1) is 0 Å². The second kappa shape index (κ2) is 8.62. The van der Waals surface area contributed by atoms with Gasteiger partial charge in [0.2, 0.25) is 5.91 Å². The number of nitrogens with zero attached hydrogens (tertiary/aromatic N) is 3. The maximum absolute atomic E-state index is 12.5. The van der Waals surface area contributed by atoms with Crippen molar-refractivity contribution in [3.05, 3.63) is 59.9 Å². The third kappa shape index (κ3) is 5.03. The van der Waals surface area contributed by atoms with E-state index in [1.54, 1.807) is 7.11 Å². The molecule has 0 atom stereocenters. The van der Waals surface area contributed by atoms with E-state index in [0.717, 1.165) is 56.2 Å². The van der Waals surface area contributed by atoms with Gasteiger partial charge in [-0.25, -0.2) is 0 Å². The molecule has 0 unspecified atom stereocenters. The number of carbonyl (C=O) groups is 1. The van der Waals surface area contributed by atoms with E-state index in [9.17, 15) is 4.79 Å². The zero-order valence-corrected chi connectivity index (χ0v) is 14.7. The first kappa shape index (κ1) is 17.4. The normalized spacial score (nSPS) is 15.2. The molecule has 132 valence electrons. The van der Waals surface area contributed by atoms with Crippen molar-refractivity contribution in [3.63, 3.8) is 0 Å². The van der Waals surface area contributed by atoms with Crippen LogP contribution in [0.4, 0.5) is 0 Å². The number of pyridine rings is 1. The van der Waals surface area contributed by atoms with Gasteiger partial charge in [-0.1, -0.05) is 18.2 Å². The minimum absolute atomic E-state index is 0.203. The standard InChI is InChI=1S/C20H25N3O2/c1-25-19-7-5-17(6-8-19)16-20(24)23-14-12-22(13-15-23)11-9-18-4-2-3-10-21-18/h2-8,10H,9,11-16H2,1H3. The molecule has 1 aliphatic heterocycles. The minimum atomic E-state index is 0.203. The summed E-state index contributed by atoms with van der Waals surface area (Å²) in [5.41, 5.74) is 2.16. The summed E-state index contributed by atoms with van der Waals surface area (Å²) in [7, 11) is 1.65. The van der Waals surface area contributed by atoms with Gasteiger partial charge in [0.05, 0.1) is 13.5 Å². The van der Waals surface area contributed by atoms with Crippen molar-refractivity contribution in [3.8, 4) is 5.75 Å². The van der Waals surface area contributed by atoms with Gasteiger partial charge in [-0.2, -0.15) is 0 Å². The Morgan fingerprint density at radius 3 is 2.48 bits per heavy atom. The Hall–Kier alpha value is -2.40. The van der Waals surface area contributed by atoms with Crippen molar-refractivity contribution in [1.29, 1.82) is 0 Å². The Morgan fingerprint density at radius 2 is 1.84 bits per heavy atom. The van der Waals surface area contributed by atoms with Crippen molar-refractivity contribution >= 4 is 5.91 Å². The SMILES string of the molecule is COc1ccc(CC(=O)N2CCN(CCc3ccccn3)CC2)cc1. The number of ether oxygens (including phenoxy) is 1. The van der Waals surface area contributed by atoms with E-state index in [1.165, 1.54) is 0 Å². The molecule has 2 heterocycles. The highest BCUT2D eigenvalue weighted by atomic mass is 16.5. The molecule has 1 aromatic heterocycles. The summed E-state index contributed by atoms with van der Waals surface area (Å²) in [5, 5.41) is 0. The number of piperazine rings is 1. The number of aromatic nitrogens is 1. The van der Waals surface area contributed by atoms with Crippen LogP contribution in [0.15, 0.2) is 48.7 Å². The van der Waals surface area contributed by atoms with Crippen LogP contribution in [0.2, 0.25) is 0 Å². The third-order valence-corrected chi connectivity index (χ3v) is 4.65. The average Bonchev–Trinajstić information content (AvgIpc) is 2.68. The molecule has 0 N–H and O–H groups in total. The lowest BCUT2D eigenvalue weighted by molar-refractivity contribution is -0.132. The quantitative estimate of drug-likeness (QED) is 0.808. The second-order valence-electron chi connectivity index (χ2n) is 6.32. The van der Waals surface area contributed by atoms with E-state index in [0.29, 0.717) is 6.42 Å². The van der Waals surface area contributed by atoms with Crippen molar-refractivity contribution in [2.45, 2.75) is 12.8 Å². The van der Waals surface area contributed by atoms with Gasteiger partial charge in [0.1, 0.15) is 5.75 Å². The Balaban J connectivity index is 1.42. The fraction of sp³-hybridized carbons (Fsp3) is 0.400. The van der Waals surface area contributed by atoms with Gasteiger partial charge in [-0.3, -0.25) is 14.7 Å². The topological polar surface area (TPSA) is 45.7 Å². The zero-order chi connectivity index (χ0) is 17.5. The van der Waals surface area contributed by atoms with Crippen LogP contribution in [0.25, 0.3) is 0 Å². The smallest absolute Gasteiger partial charge is 0.227 e. The van der Waals surface area contributed by atoms with Crippen LogP contribution in [0.5, 0.6) is 5.75 Å². The number of rotatable bonds is 6. The van der Waals surface area contributed by atoms with Gasteiger partial charge in [-0.05, 0) is 29.8 Å². The highest BCUT2D eigenvalue weighted by Gasteiger charge is 2.21. The van der Waals surface area contributed by atoms with Gasteiger partial charge in [0.25, 0.3) is 0 Å². The Morgan fingerprint density at radius 1 is 1.08 bits per heavy atom. The molecule has 1 aliphatic rings. The summed E-state index contributed by atoms with van der Waals surface area (Å²) >= 11 is 0. The van der Waals surface area contributed by atoms with E-state index in [2.05, 4.69) is 16.0 Å². The maximum Gasteiger partial charge on any atom is 0.227 e. The molecule has 1 amide bonds. The fourth-order valence-electron chi connectivity index (χ4n) is 3.07. The molecule has 25 heavy (non-hydrogen) atoms. The molecular formula is C20H25N3O2. The molecule has 0 saturated carbocycles. The van der Waals surface area contributed by atoms with Crippen molar-refractivity contribution in [2.24, 2.45) is 0 Å². The number of hydrogen-bond acceptors (Lipinski definition) is 4.